The van der Waals surface area contributed by atoms with Crippen molar-refractivity contribution in [1.29, 1.82) is 0 Å². The number of amides is 2. The molecule has 2 heterocycles. The van der Waals surface area contributed by atoms with Gasteiger partial charge in [-0.25, -0.2) is 9.78 Å². The summed E-state index contributed by atoms with van der Waals surface area (Å²) in [7, 11) is 0. The quantitative estimate of drug-likeness (QED) is 0.560. The predicted octanol–water partition coefficient (Wildman–Crippen LogP) is 2.60. The number of H-pyrrole nitrogens is 1. The zero-order valence-corrected chi connectivity index (χ0v) is 17.4. The van der Waals surface area contributed by atoms with Crippen molar-refractivity contribution in [2.75, 3.05) is 19.6 Å². The predicted molar refractivity (Wildman–Crippen MR) is 109 cm³/mol. The van der Waals surface area contributed by atoms with Crippen molar-refractivity contribution in [3.63, 3.8) is 0 Å². The van der Waals surface area contributed by atoms with Gasteiger partial charge in [0.2, 0.25) is 5.91 Å². The van der Waals surface area contributed by atoms with Crippen LogP contribution in [0.5, 0.6) is 0 Å². The largest absolute Gasteiger partial charge is 0.465 e. The second-order valence-electron chi connectivity index (χ2n) is 7.11. The molecule has 4 N–H and O–H groups in total. The summed E-state index contributed by atoms with van der Waals surface area (Å²) in [6.07, 6.45) is 0.555. The number of benzene rings is 1. The van der Waals surface area contributed by atoms with Crippen LogP contribution in [0, 0.1) is 5.92 Å². The highest BCUT2D eigenvalue weighted by Gasteiger charge is 2.35. The van der Waals surface area contributed by atoms with Gasteiger partial charge in [-0.05, 0) is 23.6 Å². The lowest BCUT2D eigenvalue weighted by atomic mass is 10.0. The molecule has 2 aromatic rings. The number of aromatic amines is 1. The summed E-state index contributed by atoms with van der Waals surface area (Å²) >= 11 is 3.43. The van der Waals surface area contributed by atoms with Crippen LogP contribution in [0.25, 0.3) is 11.3 Å². The van der Waals surface area contributed by atoms with Gasteiger partial charge in [0.25, 0.3) is 0 Å². The minimum absolute atomic E-state index is 0.158. The van der Waals surface area contributed by atoms with Crippen LogP contribution in [0.15, 0.2) is 34.9 Å². The van der Waals surface area contributed by atoms with E-state index in [4.69, 9.17) is 5.11 Å². The number of halogens is 1. The average Bonchev–Trinajstić information content (AvgIpc) is 3.16. The number of nitrogens with zero attached hydrogens (tertiary/aromatic N) is 2. The summed E-state index contributed by atoms with van der Waals surface area (Å²) in [5, 5.41) is 14.7. The zero-order chi connectivity index (χ0) is 20.3. The number of imidazole rings is 1. The number of aromatic nitrogens is 2. The van der Waals surface area contributed by atoms with Gasteiger partial charge in [-0.15, -0.1) is 0 Å². The lowest BCUT2D eigenvalue weighted by molar-refractivity contribution is -0.138. The van der Waals surface area contributed by atoms with Crippen molar-refractivity contribution in [2.24, 2.45) is 5.92 Å². The van der Waals surface area contributed by atoms with E-state index in [9.17, 15) is 9.59 Å². The number of hydrogen-bond donors (Lipinski definition) is 4. The molecule has 1 aliphatic heterocycles. The minimum Gasteiger partial charge on any atom is -0.465 e. The SMILES string of the molecule is CC(C)C(NC(=O)O)C(=O)N1CCNCC1c1ncc(-c2ccc(Br)cc2)[nH]1. The van der Waals surface area contributed by atoms with Gasteiger partial charge in [-0.3, -0.25) is 4.79 Å². The Hall–Kier alpha value is -2.39. The number of carbonyl (C=O) groups is 2. The van der Waals surface area contributed by atoms with Gasteiger partial charge >= 0.3 is 6.09 Å². The Morgan fingerprint density at radius 2 is 2.04 bits per heavy atom. The van der Waals surface area contributed by atoms with Crippen molar-refractivity contribution in [2.45, 2.75) is 25.9 Å². The summed E-state index contributed by atoms with van der Waals surface area (Å²) in [5.41, 5.74) is 1.86. The highest BCUT2D eigenvalue weighted by Crippen LogP contribution is 2.26. The summed E-state index contributed by atoms with van der Waals surface area (Å²) in [4.78, 5) is 33.7. The van der Waals surface area contributed by atoms with Crippen molar-refractivity contribution in [3.8, 4) is 11.3 Å². The third kappa shape index (κ3) is 4.53. The molecule has 3 rings (SSSR count). The molecule has 28 heavy (non-hydrogen) atoms. The van der Waals surface area contributed by atoms with Gasteiger partial charge in [0, 0.05) is 24.1 Å². The second-order valence-corrected chi connectivity index (χ2v) is 8.03. The maximum absolute atomic E-state index is 13.1. The fourth-order valence-corrected chi connectivity index (χ4v) is 3.58. The summed E-state index contributed by atoms with van der Waals surface area (Å²) in [6.45, 7) is 5.35. The molecule has 150 valence electrons. The van der Waals surface area contributed by atoms with E-state index in [0.29, 0.717) is 25.5 Å². The molecule has 9 heteroatoms. The molecule has 8 nitrogen and oxygen atoms in total. The molecule has 0 aliphatic carbocycles. The fraction of sp³-hybridized carbons (Fsp3) is 0.421. The lowest BCUT2D eigenvalue weighted by Crippen LogP contribution is -2.56. The van der Waals surface area contributed by atoms with Crippen LogP contribution in [0.3, 0.4) is 0 Å². The Kier molecular flexibility index (Phi) is 6.35. The molecule has 0 radical (unpaired) electrons. The average molecular weight is 450 g/mol. The number of nitrogens with one attached hydrogen (secondary N) is 3. The molecule has 1 aromatic heterocycles. The molecule has 1 aromatic carbocycles. The summed E-state index contributed by atoms with van der Waals surface area (Å²) in [5.74, 6) is 0.288. The Morgan fingerprint density at radius 3 is 2.68 bits per heavy atom. The number of hydrogen-bond acceptors (Lipinski definition) is 4. The first-order chi connectivity index (χ1) is 13.4. The molecule has 1 aliphatic rings. The van der Waals surface area contributed by atoms with E-state index in [-0.39, 0.29) is 17.9 Å². The Morgan fingerprint density at radius 1 is 1.32 bits per heavy atom. The molecule has 1 saturated heterocycles. The monoisotopic (exact) mass is 449 g/mol. The van der Waals surface area contributed by atoms with Crippen molar-refractivity contribution in [1.82, 2.24) is 25.5 Å². The molecule has 2 amide bonds. The Bertz CT molecular complexity index is 836. The van der Waals surface area contributed by atoms with Gasteiger partial charge < -0.3 is 25.6 Å². The zero-order valence-electron chi connectivity index (χ0n) is 15.8. The van der Waals surface area contributed by atoms with Crippen molar-refractivity contribution < 1.29 is 14.7 Å². The second kappa shape index (κ2) is 8.74. The first-order valence-corrected chi connectivity index (χ1v) is 9.97. The van der Waals surface area contributed by atoms with E-state index >= 15 is 0 Å². The van der Waals surface area contributed by atoms with Crippen LogP contribution in [0.2, 0.25) is 0 Å². The topological polar surface area (TPSA) is 110 Å². The Labute approximate surface area is 171 Å². The van der Waals surface area contributed by atoms with E-state index in [0.717, 1.165) is 15.7 Å². The van der Waals surface area contributed by atoms with E-state index in [2.05, 4.69) is 36.5 Å². The van der Waals surface area contributed by atoms with Crippen molar-refractivity contribution in [3.05, 3.63) is 40.8 Å². The van der Waals surface area contributed by atoms with Gasteiger partial charge in [0.05, 0.1) is 11.9 Å². The van der Waals surface area contributed by atoms with Crippen LogP contribution in [0.1, 0.15) is 25.7 Å². The van der Waals surface area contributed by atoms with Crippen LogP contribution in [0.4, 0.5) is 4.79 Å². The molecule has 2 unspecified atom stereocenters. The van der Waals surface area contributed by atoms with Crippen LogP contribution < -0.4 is 10.6 Å². The molecule has 1 fully saturated rings. The highest BCUT2D eigenvalue weighted by atomic mass is 79.9. The molecule has 0 spiro atoms. The maximum atomic E-state index is 13.1. The maximum Gasteiger partial charge on any atom is 0.405 e. The number of rotatable bonds is 5. The summed E-state index contributed by atoms with van der Waals surface area (Å²) < 4.78 is 0.995. The highest BCUT2D eigenvalue weighted by molar-refractivity contribution is 9.10. The van der Waals surface area contributed by atoms with E-state index in [1.165, 1.54) is 0 Å². The molecular weight excluding hydrogens is 426 g/mol. The smallest absolute Gasteiger partial charge is 0.405 e. The minimum atomic E-state index is -1.20. The number of piperazine rings is 1. The molecule has 0 bridgehead atoms. The Balaban J connectivity index is 1.84. The summed E-state index contributed by atoms with van der Waals surface area (Å²) in [6, 6.07) is 6.79. The number of carboxylic acid groups (broad SMARTS) is 1. The standard InChI is InChI=1S/C19H24BrN5O3/c1-11(2)16(24-19(27)28)18(26)25-8-7-21-10-15(25)17-22-9-14(23-17)12-3-5-13(20)6-4-12/h3-6,9,11,15-16,21,24H,7-8,10H2,1-2H3,(H,22,23)(H,27,28). The first kappa shape index (κ1) is 20.3. The van der Waals surface area contributed by atoms with Crippen LogP contribution in [-0.4, -0.2) is 57.7 Å². The van der Waals surface area contributed by atoms with Crippen LogP contribution >= 0.6 is 15.9 Å². The van der Waals surface area contributed by atoms with Gasteiger partial charge in [-0.1, -0.05) is 41.9 Å². The van der Waals surface area contributed by atoms with E-state index in [1.54, 1.807) is 11.1 Å². The third-order valence-electron chi connectivity index (χ3n) is 4.80. The van der Waals surface area contributed by atoms with Gasteiger partial charge in [0.15, 0.2) is 0 Å². The normalized spacial score (nSPS) is 18.1. The molecular formula is C19H24BrN5O3. The lowest BCUT2D eigenvalue weighted by Gasteiger charge is -2.38. The van der Waals surface area contributed by atoms with E-state index < -0.39 is 12.1 Å². The first-order valence-electron chi connectivity index (χ1n) is 9.18. The van der Waals surface area contributed by atoms with E-state index in [1.807, 2.05) is 38.1 Å². The number of carbonyl (C=O) groups excluding carboxylic acids is 1. The van der Waals surface area contributed by atoms with Gasteiger partial charge in [-0.2, -0.15) is 0 Å². The van der Waals surface area contributed by atoms with Crippen LogP contribution in [-0.2, 0) is 4.79 Å². The fourth-order valence-electron chi connectivity index (χ4n) is 3.32. The molecule has 2 atom stereocenters. The molecule has 0 saturated carbocycles. The van der Waals surface area contributed by atoms with Gasteiger partial charge in [0.1, 0.15) is 17.9 Å². The third-order valence-corrected chi connectivity index (χ3v) is 5.33. The van der Waals surface area contributed by atoms with Crippen molar-refractivity contribution >= 4 is 27.9 Å².